The Bertz CT molecular complexity index is 411. The molecule has 0 atom stereocenters. The number of benzene rings is 1. The molecule has 4 heteroatoms. The number of halogens is 1. The van der Waals surface area contributed by atoms with E-state index in [2.05, 4.69) is 46.2 Å². The normalized spacial score (nSPS) is 9.29. The van der Waals surface area contributed by atoms with Crippen molar-refractivity contribution in [2.24, 2.45) is 0 Å². The van der Waals surface area contributed by atoms with Gasteiger partial charge in [-0.2, -0.15) is 12.6 Å². The smallest absolute Gasteiger partial charge is 0.0823 e. The third-order valence-corrected chi connectivity index (χ3v) is 2.98. The average molecular weight is 288 g/mol. The van der Waals surface area contributed by atoms with Gasteiger partial charge in [-0.15, -0.1) is 17.9 Å². The average Bonchev–Trinajstić information content (AvgIpc) is 2.65. The molecule has 0 aliphatic heterocycles. The summed E-state index contributed by atoms with van der Waals surface area (Å²) in [5.41, 5.74) is 2.93. The second-order valence-corrected chi connectivity index (χ2v) is 4.60. The van der Waals surface area contributed by atoms with Crippen LogP contribution in [0.2, 0.25) is 0 Å². The summed E-state index contributed by atoms with van der Waals surface area (Å²) < 4.78 is 2.33. The molecule has 0 fully saturated rings. The van der Waals surface area contributed by atoms with Gasteiger partial charge in [-0.3, -0.25) is 0 Å². The van der Waals surface area contributed by atoms with Crippen LogP contribution in [0.3, 0.4) is 0 Å². The number of hydrogen-bond acceptors (Lipinski definition) is 3. The van der Waals surface area contributed by atoms with Gasteiger partial charge in [0.1, 0.15) is 0 Å². The van der Waals surface area contributed by atoms with E-state index in [4.69, 9.17) is 0 Å². The summed E-state index contributed by atoms with van der Waals surface area (Å²) >= 11 is 8.85. The van der Waals surface area contributed by atoms with Crippen LogP contribution >= 0.6 is 39.9 Å². The summed E-state index contributed by atoms with van der Waals surface area (Å²) in [6.07, 6.45) is 1.74. The van der Waals surface area contributed by atoms with Gasteiger partial charge in [-0.05, 0) is 18.2 Å². The van der Waals surface area contributed by atoms with Crippen LogP contribution in [-0.4, -0.2) is 10.7 Å². The van der Waals surface area contributed by atoms with Crippen molar-refractivity contribution >= 4 is 50.1 Å². The molecule has 74 valence electrons. The van der Waals surface area contributed by atoms with Gasteiger partial charge in [0, 0.05) is 10.2 Å². The summed E-state index contributed by atoms with van der Waals surface area (Å²) in [7, 11) is 0. The lowest BCUT2D eigenvalue weighted by Gasteiger charge is -1.87. The first-order valence-electron chi connectivity index (χ1n) is 3.98. The van der Waals surface area contributed by atoms with Crippen molar-refractivity contribution in [2.45, 2.75) is 0 Å². The molecule has 0 N–H and O–H groups in total. The highest BCUT2D eigenvalue weighted by molar-refractivity contribution is 9.10. The number of thiazole rings is 1. The lowest BCUT2D eigenvalue weighted by Crippen LogP contribution is -1.65. The van der Waals surface area contributed by atoms with Crippen LogP contribution in [0.15, 0.2) is 40.8 Å². The van der Waals surface area contributed by atoms with Gasteiger partial charge in [-0.25, -0.2) is 4.98 Å². The van der Waals surface area contributed by atoms with Gasteiger partial charge < -0.3 is 0 Å². The van der Waals surface area contributed by atoms with Gasteiger partial charge >= 0.3 is 0 Å². The van der Waals surface area contributed by atoms with E-state index in [9.17, 15) is 0 Å². The van der Waals surface area contributed by atoms with Gasteiger partial charge in [0.2, 0.25) is 0 Å². The summed E-state index contributed by atoms with van der Waals surface area (Å²) in [6.45, 7) is 3.40. The topological polar surface area (TPSA) is 12.9 Å². The minimum atomic E-state index is 0.778. The van der Waals surface area contributed by atoms with Crippen molar-refractivity contribution < 1.29 is 0 Å². The molecule has 2 aromatic rings. The van der Waals surface area contributed by atoms with E-state index in [0.717, 1.165) is 15.7 Å². The molecule has 2 rings (SSSR count). The number of aromatic nitrogens is 1. The summed E-state index contributed by atoms with van der Waals surface area (Å²) in [5.74, 6) is 0.778. The fraction of sp³-hybridized carbons (Fsp3) is 0.100. The first-order chi connectivity index (χ1) is 6.77. The molecule has 0 aliphatic rings. The molecule has 0 saturated carbocycles. The van der Waals surface area contributed by atoms with Crippen LogP contribution in [0, 0.1) is 0 Å². The quantitative estimate of drug-likeness (QED) is 0.614. The van der Waals surface area contributed by atoms with Crippen LogP contribution in [0.1, 0.15) is 0 Å². The molecule has 0 unspecified atom stereocenters. The highest BCUT2D eigenvalue weighted by atomic mass is 79.9. The van der Waals surface area contributed by atoms with Gasteiger partial charge in [0.15, 0.2) is 0 Å². The van der Waals surface area contributed by atoms with Crippen molar-refractivity contribution in [1.82, 2.24) is 4.98 Å². The van der Waals surface area contributed by atoms with Crippen molar-refractivity contribution in [3.05, 3.63) is 40.8 Å². The Morgan fingerprint density at radius 2 is 2.29 bits per heavy atom. The number of rotatable bonds is 1. The Hall–Kier alpha value is -0.320. The maximum Gasteiger partial charge on any atom is 0.0823 e. The third kappa shape index (κ3) is 3.44. The van der Waals surface area contributed by atoms with Gasteiger partial charge in [0.05, 0.1) is 15.7 Å². The maximum absolute atomic E-state index is 4.17. The van der Waals surface area contributed by atoms with E-state index >= 15 is 0 Å². The molecule has 0 amide bonds. The summed E-state index contributed by atoms with van der Waals surface area (Å²) in [6, 6.07) is 6.11. The fourth-order valence-corrected chi connectivity index (χ4v) is 1.84. The van der Waals surface area contributed by atoms with Crippen LogP contribution in [-0.2, 0) is 0 Å². The Labute approximate surface area is 101 Å². The van der Waals surface area contributed by atoms with Crippen LogP contribution in [0.5, 0.6) is 0 Å². The van der Waals surface area contributed by atoms with E-state index < -0.39 is 0 Å². The standard InChI is InChI=1S/C7H4BrNS.C3H6S/c8-5-1-2-7-6(3-5)9-4-10-7;1-2-3-4/h1-4H;2,4H,1,3H2. The largest absolute Gasteiger partial charge is 0.245 e. The number of hydrogen-bond donors (Lipinski definition) is 1. The Balaban J connectivity index is 0.000000213. The summed E-state index contributed by atoms with van der Waals surface area (Å²) in [4.78, 5) is 4.17. The maximum atomic E-state index is 4.17. The monoisotopic (exact) mass is 287 g/mol. The van der Waals surface area contributed by atoms with Crippen LogP contribution < -0.4 is 0 Å². The van der Waals surface area contributed by atoms with Crippen molar-refractivity contribution in [2.75, 3.05) is 5.75 Å². The molecule has 0 spiro atoms. The number of fused-ring (bicyclic) bond motifs is 1. The van der Waals surface area contributed by atoms with Crippen molar-refractivity contribution in [1.29, 1.82) is 0 Å². The molecular formula is C10H10BrNS2. The highest BCUT2D eigenvalue weighted by Crippen LogP contribution is 2.21. The predicted octanol–water partition coefficient (Wildman–Crippen LogP) is 4.16. The molecule has 1 aromatic carbocycles. The molecule has 1 nitrogen and oxygen atoms in total. The Morgan fingerprint density at radius 1 is 1.57 bits per heavy atom. The zero-order chi connectivity index (χ0) is 10.4. The van der Waals surface area contributed by atoms with Crippen LogP contribution in [0.25, 0.3) is 10.2 Å². The zero-order valence-corrected chi connectivity index (χ0v) is 10.8. The first kappa shape index (κ1) is 11.8. The predicted molar refractivity (Wildman–Crippen MR) is 71.4 cm³/mol. The molecule has 1 heterocycles. The van der Waals surface area contributed by atoms with Crippen LogP contribution in [0.4, 0.5) is 0 Å². The van der Waals surface area contributed by atoms with E-state index in [1.54, 1.807) is 17.4 Å². The van der Waals surface area contributed by atoms with E-state index in [0.29, 0.717) is 0 Å². The number of thiol groups is 1. The van der Waals surface area contributed by atoms with E-state index in [-0.39, 0.29) is 0 Å². The molecule has 1 aromatic heterocycles. The lowest BCUT2D eigenvalue weighted by atomic mass is 10.3. The molecule has 0 saturated heterocycles. The fourth-order valence-electron chi connectivity index (χ4n) is 0.831. The Morgan fingerprint density at radius 3 is 2.93 bits per heavy atom. The lowest BCUT2D eigenvalue weighted by molar-refractivity contribution is 1.49. The third-order valence-electron chi connectivity index (χ3n) is 1.42. The zero-order valence-electron chi connectivity index (χ0n) is 7.48. The van der Waals surface area contributed by atoms with Gasteiger partial charge in [0.25, 0.3) is 0 Å². The number of nitrogens with zero attached hydrogens (tertiary/aromatic N) is 1. The molecular weight excluding hydrogens is 278 g/mol. The minimum absolute atomic E-state index is 0.778. The molecule has 14 heavy (non-hydrogen) atoms. The summed E-state index contributed by atoms with van der Waals surface area (Å²) in [5, 5.41) is 0. The second-order valence-electron chi connectivity index (χ2n) is 2.44. The molecule has 0 bridgehead atoms. The Kier molecular flexibility index (Phi) is 5.22. The molecule has 0 radical (unpaired) electrons. The van der Waals surface area contributed by atoms with Crippen molar-refractivity contribution in [3.8, 4) is 0 Å². The van der Waals surface area contributed by atoms with E-state index in [1.165, 1.54) is 4.70 Å². The van der Waals surface area contributed by atoms with Crippen molar-refractivity contribution in [3.63, 3.8) is 0 Å². The highest BCUT2D eigenvalue weighted by Gasteiger charge is 1.94. The van der Waals surface area contributed by atoms with E-state index in [1.807, 2.05) is 17.6 Å². The molecule has 0 aliphatic carbocycles. The first-order valence-corrected chi connectivity index (χ1v) is 6.29. The minimum Gasteiger partial charge on any atom is -0.245 e. The van der Waals surface area contributed by atoms with Gasteiger partial charge in [-0.1, -0.05) is 22.0 Å². The second kappa shape index (κ2) is 6.22. The SMILES string of the molecule is Brc1ccc2scnc2c1.C=CCS.